The van der Waals surface area contributed by atoms with E-state index in [0.717, 1.165) is 53.8 Å². The predicted molar refractivity (Wildman–Crippen MR) is 106 cm³/mol. The SMILES string of the molecule is NC(=O)C1CCN(c2cc(-c3ccccc3)nc3ccc(Cl)cc23)CC1. The maximum atomic E-state index is 11.5. The van der Waals surface area contributed by atoms with Gasteiger partial charge in [-0.25, -0.2) is 4.98 Å². The second-order valence-corrected chi connectivity index (χ2v) is 7.15. The zero-order valence-corrected chi connectivity index (χ0v) is 15.1. The second-order valence-electron chi connectivity index (χ2n) is 6.72. The van der Waals surface area contributed by atoms with Crippen molar-refractivity contribution in [2.75, 3.05) is 18.0 Å². The highest BCUT2D eigenvalue weighted by Crippen LogP contribution is 2.34. The van der Waals surface area contributed by atoms with Gasteiger partial charge >= 0.3 is 0 Å². The molecule has 0 atom stereocenters. The summed E-state index contributed by atoms with van der Waals surface area (Å²) in [6, 6.07) is 18.1. The third kappa shape index (κ3) is 3.25. The van der Waals surface area contributed by atoms with E-state index in [-0.39, 0.29) is 11.8 Å². The number of rotatable bonds is 3. The van der Waals surface area contributed by atoms with E-state index in [4.69, 9.17) is 22.3 Å². The molecule has 2 N–H and O–H groups in total. The Labute approximate surface area is 157 Å². The number of benzene rings is 2. The summed E-state index contributed by atoms with van der Waals surface area (Å²) in [5.41, 5.74) is 9.53. The minimum absolute atomic E-state index is 0.0310. The van der Waals surface area contributed by atoms with E-state index in [9.17, 15) is 4.79 Å². The molecule has 4 nitrogen and oxygen atoms in total. The van der Waals surface area contributed by atoms with Gasteiger partial charge in [-0.1, -0.05) is 41.9 Å². The van der Waals surface area contributed by atoms with E-state index in [1.165, 1.54) is 0 Å². The third-order valence-electron chi connectivity index (χ3n) is 5.06. The van der Waals surface area contributed by atoms with Crippen LogP contribution >= 0.6 is 11.6 Å². The molecule has 1 amide bonds. The van der Waals surface area contributed by atoms with E-state index < -0.39 is 0 Å². The molecule has 1 fully saturated rings. The first-order valence-electron chi connectivity index (χ1n) is 8.82. The molecule has 0 radical (unpaired) electrons. The summed E-state index contributed by atoms with van der Waals surface area (Å²) in [4.78, 5) is 18.6. The average molecular weight is 366 g/mol. The molecule has 1 aliphatic rings. The lowest BCUT2D eigenvalue weighted by Gasteiger charge is -2.33. The van der Waals surface area contributed by atoms with Gasteiger partial charge in [-0.05, 0) is 37.1 Å². The van der Waals surface area contributed by atoms with Crippen LogP contribution in [0.25, 0.3) is 22.2 Å². The van der Waals surface area contributed by atoms with Crippen molar-refractivity contribution in [1.29, 1.82) is 0 Å². The average Bonchev–Trinajstić information content (AvgIpc) is 2.68. The van der Waals surface area contributed by atoms with Gasteiger partial charge in [0.1, 0.15) is 0 Å². The Bertz CT molecular complexity index is 950. The molecule has 1 saturated heterocycles. The molecular formula is C21H20ClN3O. The minimum Gasteiger partial charge on any atom is -0.371 e. The summed E-state index contributed by atoms with van der Waals surface area (Å²) in [6.45, 7) is 1.60. The van der Waals surface area contributed by atoms with E-state index in [2.05, 4.69) is 23.1 Å². The van der Waals surface area contributed by atoms with Crippen LogP contribution in [0.3, 0.4) is 0 Å². The molecule has 0 aliphatic carbocycles. The molecule has 26 heavy (non-hydrogen) atoms. The standard InChI is InChI=1S/C21H20ClN3O/c22-16-6-7-18-17(12-16)20(25-10-8-15(9-11-25)21(23)26)13-19(24-18)14-4-2-1-3-5-14/h1-7,12-13,15H,8-11H2,(H2,23,26). The number of fused-ring (bicyclic) bond motifs is 1. The number of hydrogen-bond acceptors (Lipinski definition) is 3. The number of pyridine rings is 1. The number of primary amides is 1. The lowest BCUT2D eigenvalue weighted by molar-refractivity contribution is -0.122. The zero-order valence-electron chi connectivity index (χ0n) is 14.4. The molecule has 3 aromatic rings. The Hall–Kier alpha value is -2.59. The van der Waals surface area contributed by atoms with E-state index in [1.54, 1.807) is 0 Å². The summed E-state index contributed by atoms with van der Waals surface area (Å²) in [7, 11) is 0. The minimum atomic E-state index is -0.197. The molecule has 1 aliphatic heterocycles. The quantitative estimate of drug-likeness (QED) is 0.754. The van der Waals surface area contributed by atoms with Crippen LogP contribution in [0.1, 0.15) is 12.8 Å². The fraction of sp³-hybridized carbons (Fsp3) is 0.238. The van der Waals surface area contributed by atoms with E-state index >= 15 is 0 Å². The summed E-state index contributed by atoms with van der Waals surface area (Å²) in [5.74, 6) is -0.228. The first-order chi connectivity index (χ1) is 12.6. The van der Waals surface area contributed by atoms with Crippen LogP contribution < -0.4 is 10.6 Å². The van der Waals surface area contributed by atoms with Gasteiger partial charge in [0.25, 0.3) is 0 Å². The summed E-state index contributed by atoms with van der Waals surface area (Å²) in [6.07, 6.45) is 1.56. The number of nitrogens with two attached hydrogens (primary N) is 1. The van der Waals surface area contributed by atoms with Crippen LogP contribution in [-0.4, -0.2) is 24.0 Å². The summed E-state index contributed by atoms with van der Waals surface area (Å²) < 4.78 is 0. The number of anilines is 1. The molecule has 0 saturated carbocycles. The van der Waals surface area contributed by atoms with Crippen LogP contribution in [-0.2, 0) is 4.79 Å². The first kappa shape index (κ1) is 16.9. The Morgan fingerprint density at radius 1 is 1.08 bits per heavy atom. The number of aromatic nitrogens is 1. The molecule has 0 bridgehead atoms. The Morgan fingerprint density at radius 2 is 1.81 bits per heavy atom. The number of nitrogens with zero attached hydrogens (tertiary/aromatic N) is 2. The van der Waals surface area contributed by atoms with Gasteiger partial charge in [-0.15, -0.1) is 0 Å². The molecule has 0 spiro atoms. The van der Waals surface area contributed by atoms with Crippen molar-refractivity contribution >= 4 is 34.1 Å². The van der Waals surface area contributed by atoms with Crippen molar-refractivity contribution in [2.24, 2.45) is 11.7 Å². The molecule has 1 aromatic heterocycles. The maximum Gasteiger partial charge on any atom is 0.220 e. The Balaban J connectivity index is 1.79. The summed E-state index contributed by atoms with van der Waals surface area (Å²) >= 11 is 6.24. The number of piperidine rings is 1. The second kappa shape index (κ2) is 6.96. The third-order valence-corrected chi connectivity index (χ3v) is 5.29. The molecule has 0 unspecified atom stereocenters. The van der Waals surface area contributed by atoms with Gasteiger partial charge in [-0.3, -0.25) is 4.79 Å². The van der Waals surface area contributed by atoms with Crippen molar-refractivity contribution < 1.29 is 4.79 Å². The number of carbonyl (C=O) groups is 1. The first-order valence-corrected chi connectivity index (χ1v) is 9.19. The molecule has 4 rings (SSSR count). The van der Waals surface area contributed by atoms with Crippen LogP contribution in [0, 0.1) is 5.92 Å². The number of halogens is 1. The van der Waals surface area contributed by atoms with Crippen LogP contribution in [0.15, 0.2) is 54.6 Å². The van der Waals surface area contributed by atoms with Crippen molar-refractivity contribution in [1.82, 2.24) is 4.98 Å². The largest absolute Gasteiger partial charge is 0.371 e. The lowest BCUT2D eigenvalue weighted by atomic mass is 9.95. The number of hydrogen-bond donors (Lipinski definition) is 1. The van der Waals surface area contributed by atoms with Crippen molar-refractivity contribution in [2.45, 2.75) is 12.8 Å². The normalized spacial score (nSPS) is 15.3. The molecular weight excluding hydrogens is 346 g/mol. The van der Waals surface area contributed by atoms with Crippen molar-refractivity contribution in [3.05, 3.63) is 59.6 Å². The van der Waals surface area contributed by atoms with Crippen LogP contribution in [0.5, 0.6) is 0 Å². The fourth-order valence-corrected chi connectivity index (χ4v) is 3.78. The Kier molecular flexibility index (Phi) is 4.51. The van der Waals surface area contributed by atoms with Crippen LogP contribution in [0.2, 0.25) is 5.02 Å². The molecule has 2 aromatic carbocycles. The lowest BCUT2D eigenvalue weighted by Crippen LogP contribution is -2.38. The van der Waals surface area contributed by atoms with E-state index in [0.29, 0.717) is 5.02 Å². The maximum absolute atomic E-state index is 11.5. The number of carbonyl (C=O) groups excluding carboxylic acids is 1. The number of amides is 1. The van der Waals surface area contributed by atoms with Crippen molar-refractivity contribution in [3.63, 3.8) is 0 Å². The van der Waals surface area contributed by atoms with Gasteiger partial charge < -0.3 is 10.6 Å². The highest BCUT2D eigenvalue weighted by Gasteiger charge is 2.24. The van der Waals surface area contributed by atoms with Gasteiger partial charge in [0, 0.05) is 40.7 Å². The van der Waals surface area contributed by atoms with Gasteiger partial charge in [-0.2, -0.15) is 0 Å². The smallest absolute Gasteiger partial charge is 0.220 e. The topological polar surface area (TPSA) is 59.2 Å². The highest BCUT2D eigenvalue weighted by atomic mass is 35.5. The molecule has 5 heteroatoms. The molecule has 132 valence electrons. The van der Waals surface area contributed by atoms with Gasteiger partial charge in [0.05, 0.1) is 11.2 Å². The van der Waals surface area contributed by atoms with Gasteiger partial charge in [0.15, 0.2) is 0 Å². The monoisotopic (exact) mass is 365 g/mol. The van der Waals surface area contributed by atoms with Gasteiger partial charge in [0.2, 0.25) is 5.91 Å². The van der Waals surface area contributed by atoms with Crippen LogP contribution in [0.4, 0.5) is 5.69 Å². The fourth-order valence-electron chi connectivity index (χ4n) is 3.60. The highest BCUT2D eigenvalue weighted by molar-refractivity contribution is 6.31. The summed E-state index contributed by atoms with van der Waals surface area (Å²) in [5, 5.41) is 1.73. The predicted octanol–water partition coefficient (Wildman–Crippen LogP) is 4.26. The molecule has 2 heterocycles. The Morgan fingerprint density at radius 3 is 2.50 bits per heavy atom. The van der Waals surface area contributed by atoms with E-state index in [1.807, 2.05) is 36.4 Å². The zero-order chi connectivity index (χ0) is 18.1. The van der Waals surface area contributed by atoms with Crippen molar-refractivity contribution in [3.8, 4) is 11.3 Å².